The first-order chi connectivity index (χ1) is 9.69. The van der Waals surface area contributed by atoms with Crippen molar-refractivity contribution in [1.29, 1.82) is 0 Å². The van der Waals surface area contributed by atoms with Gasteiger partial charge in [-0.05, 0) is 41.5 Å². The Bertz CT molecular complexity index is 776. The topological polar surface area (TPSA) is 68.0 Å². The standard InChI is InChI=1S/C14H13N3O2S/c1-2-3-12-15-13(14(18)19)16-17(12)10-4-5-11-9(8-10)6-7-20-11/h4-8H,2-3H2,1H3,(H,18,19). The first-order valence-corrected chi connectivity index (χ1v) is 7.24. The molecule has 0 aliphatic rings. The Balaban J connectivity index is 2.13. The Morgan fingerprint density at radius 3 is 3.00 bits per heavy atom. The van der Waals surface area contributed by atoms with E-state index in [2.05, 4.69) is 10.1 Å². The van der Waals surface area contributed by atoms with Crippen LogP contribution in [-0.2, 0) is 6.42 Å². The number of aromatic nitrogens is 3. The number of carboxylic acid groups (broad SMARTS) is 1. The summed E-state index contributed by atoms with van der Waals surface area (Å²) < 4.78 is 2.83. The van der Waals surface area contributed by atoms with Gasteiger partial charge < -0.3 is 5.11 Å². The Labute approximate surface area is 119 Å². The molecule has 102 valence electrons. The summed E-state index contributed by atoms with van der Waals surface area (Å²) in [5, 5.41) is 16.3. The molecule has 0 aliphatic carbocycles. The molecule has 0 atom stereocenters. The number of nitrogens with zero attached hydrogens (tertiary/aromatic N) is 3. The van der Waals surface area contributed by atoms with E-state index in [1.165, 1.54) is 4.70 Å². The van der Waals surface area contributed by atoms with E-state index in [1.54, 1.807) is 16.0 Å². The molecule has 0 spiro atoms. The summed E-state index contributed by atoms with van der Waals surface area (Å²) in [6, 6.07) is 8.01. The predicted octanol–water partition coefficient (Wildman–Crippen LogP) is 3.13. The molecule has 0 aliphatic heterocycles. The van der Waals surface area contributed by atoms with E-state index in [-0.39, 0.29) is 5.82 Å². The molecule has 0 amide bonds. The van der Waals surface area contributed by atoms with Crippen molar-refractivity contribution in [2.45, 2.75) is 19.8 Å². The quantitative estimate of drug-likeness (QED) is 0.800. The monoisotopic (exact) mass is 287 g/mol. The smallest absolute Gasteiger partial charge is 0.375 e. The Morgan fingerprint density at radius 2 is 2.25 bits per heavy atom. The van der Waals surface area contributed by atoms with Crippen LogP contribution in [0.15, 0.2) is 29.6 Å². The van der Waals surface area contributed by atoms with Gasteiger partial charge in [-0.25, -0.2) is 14.5 Å². The van der Waals surface area contributed by atoms with Crippen molar-refractivity contribution >= 4 is 27.4 Å². The van der Waals surface area contributed by atoms with Crippen molar-refractivity contribution in [3.8, 4) is 5.69 Å². The van der Waals surface area contributed by atoms with E-state index in [0.29, 0.717) is 12.2 Å². The van der Waals surface area contributed by atoms with Gasteiger partial charge in [-0.3, -0.25) is 0 Å². The highest BCUT2D eigenvalue weighted by Gasteiger charge is 2.16. The molecular formula is C14H13N3O2S. The maximum Gasteiger partial charge on any atom is 0.375 e. The summed E-state index contributed by atoms with van der Waals surface area (Å²) in [6.07, 6.45) is 1.58. The number of aromatic carboxylic acids is 1. The molecule has 2 aromatic heterocycles. The molecule has 0 fully saturated rings. The fraction of sp³-hybridized carbons (Fsp3) is 0.214. The highest BCUT2D eigenvalue weighted by Crippen LogP contribution is 2.24. The molecule has 1 aromatic carbocycles. The summed E-state index contributed by atoms with van der Waals surface area (Å²) in [5.41, 5.74) is 0.847. The number of benzene rings is 1. The molecule has 5 nitrogen and oxygen atoms in total. The summed E-state index contributed by atoms with van der Waals surface area (Å²) >= 11 is 1.68. The third-order valence-electron chi connectivity index (χ3n) is 3.02. The van der Waals surface area contributed by atoms with Crippen LogP contribution in [0.25, 0.3) is 15.8 Å². The number of fused-ring (bicyclic) bond motifs is 1. The molecule has 0 radical (unpaired) electrons. The number of thiophene rings is 1. The first-order valence-electron chi connectivity index (χ1n) is 6.36. The zero-order valence-electron chi connectivity index (χ0n) is 10.9. The number of hydrogen-bond donors (Lipinski definition) is 1. The van der Waals surface area contributed by atoms with Crippen molar-refractivity contribution in [1.82, 2.24) is 14.8 Å². The van der Waals surface area contributed by atoms with Crippen molar-refractivity contribution in [3.63, 3.8) is 0 Å². The van der Waals surface area contributed by atoms with E-state index in [9.17, 15) is 4.79 Å². The lowest BCUT2D eigenvalue weighted by molar-refractivity contribution is 0.0683. The van der Waals surface area contributed by atoms with Gasteiger partial charge in [0.15, 0.2) is 0 Å². The van der Waals surface area contributed by atoms with E-state index >= 15 is 0 Å². The van der Waals surface area contributed by atoms with Gasteiger partial charge >= 0.3 is 5.97 Å². The largest absolute Gasteiger partial charge is 0.475 e. The van der Waals surface area contributed by atoms with Crippen LogP contribution in [0, 0.1) is 0 Å². The number of rotatable bonds is 4. The molecule has 0 saturated carbocycles. The average Bonchev–Trinajstić information content (AvgIpc) is 3.04. The van der Waals surface area contributed by atoms with Crippen molar-refractivity contribution in [2.75, 3.05) is 0 Å². The Morgan fingerprint density at radius 1 is 1.40 bits per heavy atom. The second kappa shape index (κ2) is 5.05. The first kappa shape index (κ1) is 12.8. The molecule has 0 bridgehead atoms. The lowest BCUT2D eigenvalue weighted by Gasteiger charge is -2.05. The molecule has 0 saturated heterocycles. The van der Waals surface area contributed by atoms with Crippen LogP contribution in [0.4, 0.5) is 0 Å². The second-order valence-electron chi connectivity index (χ2n) is 4.46. The van der Waals surface area contributed by atoms with Crippen LogP contribution in [-0.4, -0.2) is 25.8 Å². The number of hydrogen-bond acceptors (Lipinski definition) is 4. The zero-order valence-corrected chi connectivity index (χ0v) is 11.7. The highest BCUT2D eigenvalue weighted by atomic mass is 32.1. The SMILES string of the molecule is CCCc1nc(C(=O)O)nn1-c1ccc2sccc2c1. The minimum atomic E-state index is -1.10. The second-order valence-corrected chi connectivity index (χ2v) is 5.41. The van der Waals surface area contributed by atoms with Gasteiger partial charge in [0.05, 0.1) is 5.69 Å². The molecule has 1 N–H and O–H groups in total. The van der Waals surface area contributed by atoms with Gasteiger partial charge in [-0.1, -0.05) is 6.92 Å². The van der Waals surface area contributed by atoms with Gasteiger partial charge in [0.2, 0.25) is 0 Å². The van der Waals surface area contributed by atoms with Gasteiger partial charge in [0.1, 0.15) is 5.82 Å². The normalized spacial score (nSPS) is 11.1. The minimum Gasteiger partial charge on any atom is -0.475 e. The molecule has 6 heteroatoms. The van der Waals surface area contributed by atoms with Gasteiger partial charge in [0, 0.05) is 11.1 Å². The van der Waals surface area contributed by atoms with Crippen LogP contribution in [0.1, 0.15) is 29.8 Å². The summed E-state index contributed by atoms with van der Waals surface area (Å²) in [7, 11) is 0. The Hall–Kier alpha value is -2.21. The van der Waals surface area contributed by atoms with Gasteiger partial charge in [0.25, 0.3) is 5.82 Å². The van der Waals surface area contributed by atoms with E-state index in [1.807, 2.05) is 36.6 Å². The van der Waals surface area contributed by atoms with Crippen LogP contribution in [0.5, 0.6) is 0 Å². The Kier molecular flexibility index (Phi) is 3.23. The zero-order chi connectivity index (χ0) is 14.1. The van der Waals surface area contributed by atoms with E-state index in [0.717, 1.165) is 17.5 Å². The molecule has 3 rings (SSSR count). The van der Waals surface area contributed by atoms with Crippen molar-refractivity contribution in [2.24, 2.45) is 0 Å². The maximum atomic E-state index is 11.0. The van der Waals surface area contributed by atoms with Gasteiger partial charge in [-0.2, -0.15) is 0 Å². The summed E-state index contributed by atoms with van der Waals surface area (Å²) in [4.78, 5) is 15.1. The third-order valence-corrected chi connectivity index (χ3v) is 3.92. The predicted molar refractivity (Wildman–Crippen MR) is 77.7 cm³/mol. The third kappa shape index (κ3) is 2.18. The van der Waals surface area contributed by atoms with Gasteiger partial charge in [-0.15, -0.1) is 16.4 Å². The molecule has 20 heavy (non-hydrogen) atoms. The lowest BCUT2D eigenvalue weighted by Crippen LogP contribution is -2.03. The molecule has 0 unspecified atom stereocenters. The van der Waals surface area contributed by atoms with Crippen molar-refractivity contribution < 1.29 is 9.90 Å². The highest BCUT2D eigenvalue weighted by molar-refractivity contribution is 7.17. The fourth-order valence-electron chi connectivity index (χ4n) is 2.11. The van der Waals surface area contributed by atoms with E-state index < -0.39 is 5.97 Å². The average molecular weight is 287 g/mol. The molecular weight excluding hydrogens is 274 g/mol. The summed E-state index contributed by atoms with van der Waals surface area (Å²) in [5.74, 6) is -0.573. The van der Waals surface area contributed by atoms with Crippen LogP contribution >= 0.6 is 11.3 Å². The maximum absolute atomic E-state index is 11.0. The lowest BCUT2D eigenvalue weighted by atomic mass is 10.2. The number of aryl methyl sites for hydroxylation is 1. The van der Waals surface area contributed by atoms with Crippen LogP contribution in [0.3, 0.4) is 0 Å². The fourth-order valence-corrected chi connectivity index (χ4v) is 2.88. The summed E-state index contributed by atoms with van der Waals surface area (Å²) in [6.45, 7) is 2.03. The van der Waals surface area contributed by atoms with E-state index in [4.69, 9.17) is 5.11 Å². The van der Waals surface area contributed by atoms with Crippen molar-refractivity contribution in [3.05, 3.63) is 41.3 Å². The molecule has 2 heterocycles. The van der Waals surface area contributed by atoms with Crippen LogP contribution in [0.2, 0.25) is 0 Å². The number of carbonyl (C=O) groups is 1. The van der Waals surface area contributed by atoms with Crippen LogP contribution < -0.4 is 0 Å². The minimum absolute atomic E-state index is 0.154. The molecule has 3 aromatic rings. The number of carboxylic acids is 1.